The smallest absolute Gasteiger partial charge is 0.182 e. The molecule has 514 valence electrons. The molecule has 1 fully saturated rings. The van der Waals surface area contributed by atoms with E-state index in [9.17, 15) is 14.6 Å². The van der Waals surface area contributed by atoms with E-state index < -0.39 is 6.17 Å². The van der Waals surface area contributed by atoms with E-state index in [-0.39, 0.29) is 13.2 Å². The number of rotatable bonds is 16. The van der Waals surface area contributed by atoms with Crippen LogP contribution in [0.15, 0.2) is 243 Å². The summed E-state index contributed by atoms with van der Waals surface area (Å²) in [5.74, 6) is 6.73. The van der Waals surface area contributed by atoms with Gasteiger partial charge in [-0.2, -0.15) is 20.4 Å². The van der Waals surface area contributed by atoms with E-state index in [1.165, 1.54) is 0 Å². The zero-order valence-corrected chi connectivity index (χ0v) is 59.9. The Morgan fingerprint density at radius 3 is 1.04 bits per heavy atom. The number of hydrogen-bond acceptors (Lipinski definition) is 14. The normalized spacial score (nSPS) is 12.6. The molecule has 1 saturated heterocycles. The molecule has 23 heteroatoms. The van der Waals surface area contributed by atoms with Gasteiger partial charge < -0.3 is 15.9 Å². The number of benzene rings is 8. The highest BCUT2D eigenvalue weighted by Crippen LogP contribution is 2.41. The number of nitrogens with two attached hydrogens (primary N) is 1. The number of anilines is 1. The molecular weight excluding hydrogens is 1470 g/mol. The first kappa shape index (κ1) is 70.8. The van der Waals surface area contributed by atoms with Gasteiger partial charge in [-0.25, -0.2) is 23.1 Å². The fraction of sp³-hybridized carbons (Fsp3) is 0.150. The predicted octanol–water partition coefficient (Wildman–Crippen LogP) is 16.4. The van der Waals surface area contributed by atoms with Crippen LogP contribution in [0.1, 0.15) is 17.5 Å². The Morgan fingerprint density at radius 2 is 0.699 bits per heavy atom. The first-order valence-electron chi connectivity index (χ1n) is 33.3. The highest BCUT2D eigenvalue weighted by atomic mass is 127. The lowest BCUT2D eigenvalue weighted by Crippen LogP contribution is -2.26. The second-order valence-corrected chi connectivity index (χ2v) is 25.9. The first-order valence-corrected chi connectivity index (χ1v) is 36.0. The van der Waals surface area contributed by atoms with Crippen LogP contribution in [0.3, 0.4) is 0 Å². The van der Waals surface area contributed by atoms with Crippen LogP contribution in [0.5, 0.6) is 0 Å². The van der Waals surface area contributed by atoms with Crippen molar-refractivity contribution in [1.29, 1.82) is 0 Å². The molecule has 4 N–H and O–H groups in total. The molecular formula is C80H67Cl3FIN16O2. The quantitative estimate of drug-likeness (QED) is 0.0466. The minimum absolute atomic E-state index is 0.0222. The van der Waals surface area contributed by atoms with Gasteiger partial charge in [0.05, 0.1) is 76.2 Å². The number of aliphatic hydroxyl groups excluding tert-OH is 2. The van der Waals surface area contributed by atoms with Gasteiger partial charge in [-0.05, 0) is 18.6 Å². The van der Waals surface area contributed by atoms with Crippen LogP contribution in [0.25, 0.3) is 112 Å². The molecule has 7 aromatic heterocycles. The summed E-state index contributed by atoms with van der Waals surface area (Å²) in [5.41, 5.74) is 21.4. The number of aliphatic hydroxyl groups is 2. The maximum absolute atomic E-state index is 13.5. The molecule has 1 aliphatic rings. The largest absolute Gasteiger partial charge is 0.394 e. The lowest BCUT2D eigenvalue weighted by Gasteiger charge is -2.14. The number of alkyl halides is 2. The minimum Gasteiger partial charge on any atom is -0.394 e. The summed E-state index contributed by atoms with van der Waals surface area (Å²) in [4.78, 5) is 2.12. The van der Waals surface area contributed by atoms with Crippen LogP contribution in [0.4, 0.5) is 10.2 Å². The van der Waals surface area contributed by atoms with E-state index in [0.29, 0.717) is 94.0 Å². The second kappa shape index (κ2) is 33.9. The van der Waals surface area contributed by atoms with E-state index in [4.69, 9.17) is 50.7 Å². The summed E-state index contributed by atoms with van der Waals surface area (Å²) in [6.45, 7) is 3.95. The minimum atomic E-state index is -0.734. The number of halogens is 5. The highest BCUT2D eigenvalue weighted by Gasteiger charge is 2.26. The van der Waals surface area contributed by atoms with E-state index in [1.54, 1.807) is 9.36 Å². The van der Waals surface area contributed by atoms with Crippen LogP contribution in [-0.2, 0) is 26.2 Å². The molecule has 15 aromatic rings. The standard InChI is InChI=1S/C23H21ClFN5.C19H14ClIN4.C19H15ClN4O.C19H17N3O/c24-20-19-21(16-7-3-1-4-8-16)28-30(14-13-29-12-11-18(25)15-29)23(19)27-26-22(20)17-9-5-2-6-10-17;20-16-15-17(13-7-3-1-4-8-13)24-25(12-11-21)19(15)23-22-18(16)14-9-5-2-6-10-14;20-16-15-17(13-7-3-1-4-8-13)23-24(11-12-25)19(15)22-21-18(16)14-9-5-2-6-10-14;20-19-17(12-11-15-7-3-1-4-8-15)18(21-22(19)13-14-23)16-9-5-2-6-10-16/h1-10,18H,11-15H2;1-10H,11-12H2;1-10,25H,11-12H2;1-10,23H,13-14,20H2/t18-;;;/m0.../s1. The Balaban J connectivity index is 0.000000123. The molecule has 0 amide bonds. The van der Waals surface area contributed by atoms with Crippen molar-refractivity contribution in [3.63, 3.8) is 0 Å². The predicted molar refractivity (Wildman–Crippen MR) is 417 cm³/mol. The highest BCUT2D eigenvalue weighted by molar-refractivity contribution is 14.1. The third-order valence-electron chi connectivity index (χ3n) is 17.0. The zero-order chi connectivity index (χ0) is 71.0. The summed E-state index contributed by atoms with van der Waals surface area (Å²) >= 11 is 22.7. The number of nitrogens with zero attached hydrogens (tertiary/aromatic N) is 15. The van der Waals surface area contributed by atoms with Gasteiger partial charge in [0.15, 0.2) is 16.9 Å². The van der Waals surface area contributed by atoms with E-state index in [2.05, 4.69) is 80.1 Å². The summed E-state index contributed by atoms with van der Waals surface area (Å²) in [6, 6.07) is 78.7. The van der Waals surface area contributed by atoms with Crippen molar-refractivity contribution in [2.24, 2.45) is 0 Å². The molecule has 16 rings (SSSR count). The van der Waals surface area contributed by atoms with E-state index in [0.717, 1.165) is 107 Å². The van der Waals surface area contributed by atoms with Crippen molar-refractivity contribution in [2.75, 3.05) is 43.0 Å². The number of aryl methyl sites for hydroxylation is 1. The summed E-state index contributed by atoms with van der Waals surface area (Å²) < 4.78 is 21.4. The van der Waals surface area contributed by atoms with Gasteiger partial charge in [-0.15, -0.1) is 30.6 Å². The molecule has 8 aromatic carbocycles. The molecule has 0 spiro atoms. The molecule has 18 nitrogen and oxygen atoms in total. The Hall–Kier alpha value is -10.6. The van der Waals surface area contributed by atoms with Crippen molar-refractivity contribution < 1.29 is 14.6 Å². The van der Waals surface area contributed by atoms with Gasteiger partial charge in [-0.3, -0.25) is 4.90 Å². The monoisotopic (exact) mass is 1530 g/mol. The number of nitrogen functional groups attached to an aromatic ring is 1. The Labute approximate surface area is 622 Å². The van der Waals surface area contributed by atoms with Crippen LogP contribution in [-0.4, -0.2) is 128 Å². The van der Waals surface area contributed by atoms with Crippen LogP contribution in [0.2, 0.25) is 15.1 Å². The third kappa shape index (κ3) is 16.2. The van der Waals surface area contributed by atoms with E-state index in [1.807, 2.05) is 252 Å². The van der Waals surface area contributed by atoms with Gasteiger partial charge in [0, 0.05) is 68.6 Å². The zero-order valence-electron chi connectivity index (χ0n) is 55.5. The lowest BCUT2D eigenvalue weighted by molar-refractivity contribution is 0.270. The Bertz CT molecular complexity index is 5220. The van der Waals surface area contributed by atoms with Crippen LogP contribution in [0, 0.1) is 11.8 Å². The fourth-order valence-electron chi connectivity index (χ4n) is 12.0. The van der Waals surface area contributed by atoms with Gasteiger partial charge in [0.1, 0.15) is 51.8 Å². The average molecular weight is 1540 g/mol. The molecule has 103 heavy (non-hydrogen) atoms. The van der Waals surface area contributed by atoms with Gasteiger partial charge in [0.2, 0.25) is 0 Å². The van der Waals surface area contributed by atoms with Crippen molar-refractivity contribution in [3.8, 4) is 90.6 Å². The van der Waals surface area contributed by atoms with Crippen molar-refractivity contribution >= 4 is 96.3 Å². The van der Waals surface area contributed by atoms with Gasteiger partial charge in [0.25, 0.3) is 0 Å². The van der Waals surface area contributed by atoms with Gasteiger partial charge in [-0.1, -0.05) is 300 Å². The lowest BCUT2D eigenvalue weighted by atomic mass is 10.1. The maximum atomic E-state index is 13.5. The summed E-state index contributed by atoms with van der Waals surface area (Å²) in [5, 5.41) is 67.7. The SMILES string of the molecule is Clc1c(-c2ccccc2)nnc2c1c(-c1ccccc1)nn2CCI.F[C@H]1CCN(CCn2nc(-c3ccccc3)c3c(Cl)c(-c4ccccc4)nnc32)C1.Nc1c(C#Cc2ccccc2)c(-c2ccccc2)nn1CCO.OCCn1nc(-c2ccccc2)c2c(Cl)c(-c3ccccc3)nnc21. The number of fused-ring (bicyclic) bond motifs is 3. The Morgan fingerprint density at radius 1 is 0.388 bits per heavy atom. The molecule has 0 saturated carbocycles. The molecule has 0 radical (unpaired) electrons. The summed E-state index contributed by atoms with van der Waals surface area (Å²) in [7, 11) is 0. The maximum Gasteiger partial charge on any atom is 0.182 e. The average Bonchev–Trinajstić information content (AvgIpc) is 1.65. The number of hydrogen-bond donors (Lipinski definition) is 3. The number of aromatic nitrogens is 14. The molecule has 0 unspecified atom stereocenters. The molecule has 1 aliphatic heterocycles. The molecule has 0 bridgehead atoms. The van der Waals surface area contributed by atoms with Crippen LogP contribution < -0.4 is 5.73 Å². The Kier molecular flexibility index (Phi) is 23.3. The molecule has 0 aliphatic carbocycles. The second-order valence-electron chi connectivity index (χ2n) is 23.7. The molecule has 1 atom stereocenters. The van der Waals surface area contributed by atoms with E-state index >= 15 is 0 Å². The number of likely N-dealkylation sites (tertiary alicyclic amines) is 1. The molecule has 8 heterocycles. The fourth-order valence-corrected chi connectivity index (χ4v) is 13.4. The van der Waals surface area contributed by atoms with Crippen LogP contribution >= 0.6 is 57.4 Å². The first-order chi connectivity index (χ1) is 50.6. The third-order valence-corrected chi connectivity index (χ3v) is 18.6. The topological polar surface area (TPSA) is 218 Å². The van der Waals surface area contributed by atoms with Crippen molar-refractivity contribution in [2.45, 2.75) is 38.8 Å². The van der Waals surface area contributed by atoms with Gasteiger partial charge >= 0.3 is 0 Å². The summed E-state index contributed by atoms with van der Waals surface area (Å²) in [6.07, 6.45) is -0.136. The van der Waals surface area contributed by atoms with Crippen molar-refractivity contribution in [3.05, 3.63) is 269 Å². The van der Waals surface area contributed by atoms with Crippen molar-refractivity contribution in [1.82, 2.24) is 74.6 Å².